The minimum Gasteiger partial charge on any atom is -0.497 e. The first-order valence-electron chi connectivity index (χ1n) is 9.76. The van der Waals surface area contributed by atoms with Crippen LogP contribution in [-0.4, -0.2) is 45.2 Å². The van der Waals surface area contributed by atoms with Gasteiger partial charge in [0.05, 0.1) is 19.8 Å². The maximum atomic E-state index is 12.8. The van der Waals surface area contributed by atoms with E-state index in [1.165, 1.54) is 4.88 Å². The Bertz CT molecular complexity index is 768. The van der Waals surface area contributed by atoms with Crippen molar-refractivity contribution in [2.24, 2.45) is 5.92 Å². The molecule has 1 aromatic heterocycles. The largest absolute Gasteiger partial charge is 0.497 e. The summed E-state index contributed by atoms with van der Waals surface area (Å²) in [7, 11) is 7.50. The molecular formula is C22H30N2O3S. The van der Waals surface area contributed by atoms with Crippen molar-refractivity contribution in [3.05, 3.63) is 46.2 Å². The van der Waals surface area contributed by atoms with Crippen LogP contribution in [0.4, 0.5) is 0 Å². The van der Waals surface area contributed by atoms with Gasteiger partial charge in [0.1, 0.15) is 11.5 Å². The van der Waals surface area contributed by atoms with Gasteiger partial charge >= 0.3 is 0 Å². The van der Waals surface area contributed by atoms with Crippen molar-refractivity contribution in [2.45, 2.75) is 37.8 Å². The first-order valence-corrected chi connectivity index (χ1v) is 10.6. The second kappa shape index (κ2) is 9.43. The molecule has 1 aliphatic rings. The summed E-state index contributed by atoms with van der Waals surface area (Å²) < 4.78 is 10.6. The SMILES string of the molecule is COc1ccc(C(=O)NC2CCC(C(c3cccs3)N(C)C)CC2)c(OC)c1. The maximum absolute atomic E-state index is 12.8. The quantitative estimate of drug-likeness (QED) is 0.748. The zero-order valence-corrected chi connectivity index (χ0v) is 17.9. The normalized spacial score (nSPS) is 20.6. The summed E-state index contributed by atoms with van der Waals surface area (Å²) >= 11 is 1.83. The van der Waals surface area contributed by atoms with E-state index >= 15 is 0 Å². The van der Waals surface area contributed by atoms with Crippen LogP contribution < -0.4 is 14.8 Å². The second-order valence-corrected chi connectivity index (χ2v) is 8.55. The number of carbonyl (C=O) groups is 1. The van der Waals surface area contributed by atoms with Crippen LogP contribution in [0.5, 0.6) is 11.5 Å². The molecule has 1 N–H and O–H groups in total. The van der Waals surface area contributed by atoms with Crippen molar-refractivity contribution in [3.8, 4) is 11.5 Å². The number of hydrogen-bond acceptors (Lipinski definition) is 5. The van der Waals surface area contributed by atoms with Crippen LogP contribution >= 0.6 is 11.3 Å². The molecule has 0 spiro atoms. The Morgan fingerprint density at radius 3 is 2.46 bits per heavy atom. The summed E-state index contributed by atoms with van der Waals surface area (Å²) in [5, 5.41) is 5.35. The van der Waals surface area contributed by atoms with E-state index in [9.17, 15) is 4.79 Å². The molecule has 1 aromatic carbocycles. The predicted molar refractivity (Wildman–Crippen MR) is 114 cm³/mol. The highest BCUT2D eigenvalue weighted by molar-refractivity contribution is 7.10. The number of rotatable bonds is 7. The molecule has 0 aliphatic heterocycles. The van der Waals surface area contributed by atoms with Gasteiger partial charge in [-0.15, -0.1) is 11.3 Å². The Kier molecular flexibility index (Phi) is 6.97. The Balaban J connectivity index is 1.60. The third-order valence-corrected chi connectivity index (χ3v) is 6.54. The van der Waals surface area contributed by atoms with Crippen molar-refractivity contribution < 1.29 is 14.3 Å². The van der Waals surface area contributed by atoms with Crippen LogP contribution in [0, 0.1) is 5.92 Å². The maximum Gasteiger partial charge on any atom is 0.255 e. The standard InChI is InChI=1S/C22H30N2O3S/c1-24(2)21(20-6-5-13-28-20)15-7-9-16(10-8-15)23-22(25)18-12-11-17(26-3)14-19(18)27-4/h5-6,11-16,21H,7-10H2,1-4H3,(H,23,25). The van der Waals surface area contributed by atoms with Crippen LogP contribution in [-0.2, 0) is 0 Å². The molecule has 1 heterocycles. The molecule has 1 fully saturated rings. The van der Waals surface area contributed by atoms with Gasteiger partial charge in [0.2, 0.25) is 0 Å². The van der Waals surface area contributed by atoms with Gasteiger partial charge in [0.15, 0.2) is 0 Å². The Morgan fingerprint density at radius 1 is 1.14 bits per heavy atom. The fourth-order valence-electron chi connectivity index (χ4n) is 4.20. The highest BCUT2D eigenvalue weighted by Gasteiger charge is 2.31. The van der Waals surface area contributed by atoms with Crippen molar-refractivity contribution in [1.82, 2.24) is 10.2 Å². The molecule has 0 bridgehead atoms. The predicted octanol–water partition coefficient (Wildman–Crippen LogP) is 4.36. The van der Waals surface area contributed by atoms with Gasteiger partial charge in [-0.3, -0.25) is 4.79 Å². The summed E-state index contributed by atoms with van der Waals surface area (Å²) in [6.45, 7) is 0. The molecule has 152 valence electrons. The average molecular weight is 403 g/mol. The molecular weight excluding hydrogens is 372 g/mol. The molecule has 1 atom stereocenters. The lowest BCUT2D eigenvalue weighted by Crippen LogP contribution is -2.39. The molecule has 1 aliphatic carbocycles. The molecule has 0 saturated heterocycles. The van der Waals surface area contributed by atoms with Crippen LogP contribution in [0.25, 0.3) is 0 Å². The van der Waals surface area contributed by atoms with Gasteiger partial charge in [-0.25, -0.2) is 0 Å². The first kappa shape index (κ1) is 20.7. The van der Waals surface area contributed by atoms with Crippen molar-refractivity contribution in [2.75, 3.05) is 28.3 Å². The number of carbonyl (C=O) groups excluding carboxylic acids is 1. The van der Waals surface area contributed by atoms with Gasteiger partial charge in [-0.05, 0) is 69.3 Å². The van der Waals surface area contributed by atoms with E-state index in [-0.39, 0.29) is 11.9 Å². The average Bonchev–Trinajstić information content (AvgIpc) is 3.22. The van der Waals surface area contributed by atoms with E-state index in [0.29, 0.717) is 29.0 Å². The van der Waals surface area contributed by atoms with E-state index < -0.39 is 0 Å². The van der Waals surface area contributed by atoms with Crippen molar-refractivity contribution in [1.29, 1.82) is 0 Å². The van der Waals surface area contributed by atoms with Crippen LogP contribution in [0.15, 0.2) is 35.7 Å². The van der Waals surface area contributed by atoms with E-state index in [1.54, 1.807) is 32.4 Å². The molecule has 5 nitrogen and oxygen atoms in total. The Morgan fingerprint density at radius 2 is 1.89 bits per heavy atom. The minimum atomic E-state index is -0.0784. The molecule has 1 saturated carbocycles. The third-order valence-electron chi connectivity index (χ3n) is 5.60. The zero-order valence-electron chi connectivity index (χ0n) is 17.1. The van der Waals surface area contributed by atoms with Gasteiger partial charge in [-0.1, -0.05) is 6.07 Å². The molecule has 1 amide bonds. The van der Waals surface area contributed by atoms with E-state index in [4.69, 9.17) is 9.47 Å². The Labute approximate surface area is 171 Å². The van der Waals surface area contributed by atoms with Gasteiger partial charge in [0, 0.05) is 23.0 Å². The Hall–Kier alpha value is -2.05. The highest BCUT2D eigenvalue weighted by Crippen LogP contribution is 2.39. The van der Waals surface area contributed by atoms with Crippen LogP contribution in [0.1, 0.15) is 47.0 Å². The van der Waals surface area contributed by atoms with Crippen LogP contribution in [0.2, 0.25) is 0 Å². The number of amides is 1. The number of hydrogen-bond donors (Lipinski definition) is 1. The third kappa shape index (κ3) is 4.67. The van der Waals surface area contributed by atoms with E-state index in [0.717, 1.165) is 25.7 Å². The number of methoxy groups -OCH3 is 2. The highest BCUT2D eigenvalue weighted by atomic mass is 32.1. The van der Waals surface area contributed by atoms with Gasteiger partial charge < -0.3 is 19.7 Å². The molecule has 2 aromatic rings. The lowest BCUT2D eigenvalue weighted by Gasteiger charge is -2.37. The molecule has 1 unspecified atom stereocenters. The molecule has 0 radical (unpaired) electrons. The lowest BCUT2D eigenvalue weighted by molar-refractivity contribution is 0.0904. The zero-order chi connectivity index (χ0) is 20.1. The fourth-order valence-corrected chi connectivity index (χ4v) is 5.21. The number of benzene rings is 1. The van der Waals surface area contributed by atoms with E-state index in [1.807, 2.05) is 11.3 Å². The minimum absolute atomic E-state index is 0.0784. The smallest absolute Gasteiger partial charge is 0.255 e. The number of nitrogens with zero attached hydrogens (tertiary/aromatic N) is 1. The summed E-state index contributed by atoms with van der Waals surface area (Å²) in [5.74, 6) is 1.76. The summed E-state index contributed by atoms with van der Waals surface area (Å²) in [4.78, 5) is 16.5. The van der Waals surface area contributed by atoms with Crippen molar-refractivity contribution >= 4 is 17.2 Å². The molecule has 6 heteroatoms. The molecule has 28 heavy (non-hydrogen) atoms. The van der Waals surface area contributed by atoms with Crippen LogP contribution in [0.3, 0.4) is 0 Å². The first-order chi connectivity index (χ1) is 13.5. The number of nitrogens with one attached hydrogen (secondary N) is 1. The fraction of sp³-hybridized carbons (Fsp3) is 0.500. The van der Waals surface area contributed by atoms with Gasteiger partial charge in [-0.2, -0.15) is 0 Å². The lowest BCUT2D eigenvalue weighted by atomic mass is 9.80. The van der Waals surface area contributed by atoms with Crippen molar-refractivity contribution in [3.63, 3.8) is 0 Å². The molecule has 3 rings (SSSR count). The van der Waals surface area contributed by atoms with E-state index in [2.05, 4.69) is 41.8 Å². The monoisotopic (exact) mass is 402 g/mol. The van der Waals surface area contributed by atoms with Gasteiger partial charge in [0.25, 0.3) is 5.91 Å². The number of ether oxygens (including phenoxy) is 2. The number of thiophene rings is 1. The topological polar surface area (TPSA) is 50.8 Å². The summed E-state index contributed by atoms with van der Waals surface area (Å²) in [6.07, 6.45) is 4.24. The summed E-state index contributed by atoms with van der Waals surface area (Å²) in [6, 6.07) is 10.3. The summed E-state index contributed by atoms with van der Waals surface area (Å²) in [5.41, 5.74) is 0.551. The second-order valence-electron chi connectivity index (χ2n) is 7.58.